The standard InChI is InChI=1S/C22H23BO2/c1-7-15-19(23-24-21(3,4)22(5,6)25-23)13-12-18-17-11-9-8-10-16(17)14(2)20(15)18/h7-13H,1-2H2,3-6H3. The van der Waals surface area contributed by atoms with Crippen molar-refractivity contribution in [1.29, 1.82) is 0 Å². The summed E-state index contributed by atoms with van der Waals surface area (Å²) in [7, 11) is -0.403. The van der Waals surface area contributed by atoms with Crippen molar-refractivity contribution in [3.8, 4) is 11.1 Å². The molecule has 1 fully saturated rings. The average Bonchev–Trinajstić information content (AvgIpc) is 2.98. The lowest BCUT2D eigenvalue weighted by Crippen LogP contribution is -2.41. The predicted octanol–water partition coefficient (Wildman–Crippen LogP) is 4.67. The fourth-order valence-electron chi connectivity index (χ4n) is 3.70. The van der Waals surface area contributed by atoms with Gasteiger partial charge in [0.25, 0.3) is 0 Å². The third kappa shape index (κ3) is 2.19. The summed E-state index contributed by atoms with van der Waals surface area (Å²) in [6.45, 7) is 16.7. The van der Waals surface area contributed by atoms with Gasteiger partial charge in [-0.2, -0.15) is 0 Å². The molecule has 1 aliphatic heterocycles. The van der Waals surface area contributed by atoms with E-state index in [9.17, 15) is 0 Å². The number of rotatable bonds is 2. The minimum Gasteiger partial charge on any atom is -0.399 e. The van der Waals surface area contributed by atoms with E-state index in [0.29, 0.717) is 0 Å². The van der Waals surface area contributed by atoms with Crippen LogP contribution in [0.2, 0.25) is 0 Å². The van der Waals surface area contributed by atoms with Gasteiger partial charge in [-0.05, 0) is 66.5 Å². The highest BCUT2D eigenvalue weighted by Crippen LogP contribution is 2.45. The molecule has 2 aliphatic rings. The van der Waals surface area contributed by atoms with Crippen molar-refractivity contribution in [3.63, 3.8) is 0 Å². The van der Waals surface area contributed by atoms with Crippen LogP contribution in [-0.2, 0) is 9.31 Å². The Morgan fingerprint density at radius 3 is 2.08 bits per heavy atom. The maximum atomic E-state index is 6.27. The monoisotopic (exact) mass is 330 g/mol. The van der Waals surface area contributed by atoms with Crippen molar-refractivity contribution in [2.45, 2.75) is 38.9 Å². The highest BCUT2D eigenvalue weighted by atomic mass is 16.7. The zero-order chi connectivity index (χ0) is 18.0. The molecule has 0 atom stereocenters. The normalized spacial score (nSPS) is 19.7. The lowest BCUT2D eigenvalue weighted by Gasteiger charge is -2.32. The Morgan fingerprint density at radius 2 is 1.48 bits per heavy atom. The fraction of sp³-hybridized carbons (Fsp3) is 0.273. The molecule has 1 saturated heterocycles. The Balaban J connectivity index is 1.87. The van der Waals surface area contributed by atoms with Gasteiger partial charge in [-0.15, -0.1) is 0 Å². The minimum absolute atomic E-state index is 0.366. The van der Waals surface area contributed by atoms with E-state index < -0.39 is 7.12 Å². The first-order valence-corrected chi connectivity index (χ1v) is 8.71. The van der Waals surface area contributed by atoms with Crippen LogP contribution in [0.3, 0.4) is 0 Å². The molecule has 0 N–H and O–H groups in total. The molecule has 4 rings (SSSR count). The van der Waals surface area contributed by atoms with Crippen molar-refractivity contribution in [3.05, 3.63) is 66.2 Å². The first kappa shape index (κ1) is 16.4. The Labute approximate surface area is 150 Å². The Kier molecular flexibility index (Phi) is 3.41. The maximum Gasteiger partial charge on any atom is 0.495 e. The first-order valence-electron chi connectivity index (χ1n) is 8.71. The van der Waals surface area contributed by atoms with Crippen LogP contribution in [0.1, 0.15) is 44.4 Å². The van der Waals surface area contributed by atoms with Gasteiger partial charge in [0, 0.05) is 0 Å². The van der Waals surface area contributed by atoms with Gasteiger partial charge in [0.05, 0.1) is 11.2 Å². The van der Waals surface area contributed by atoms with Gasteiger partial charge in [-0.1, -0.05) is 55.6 Å². The summed E-state index contributed by atoms with van der Waals surface area (Å²) in [5, 5.41) is 0. The van der Waals surface area contributed by atoms with Gasteiger partial charge in [-0.3, -0.25) is 0 Å². The summed E-state index contributed by atoms with van der Waals surface area (Å²) < 4.78 is 12.5. The van der Waals surface area contributed by atoms with Gasteiger partial charge in [0.1, 0.15) is 0 Å². The average molecular weight is 330 g/mol. The van der Waals surface area contributed by atoms with E-state index in [1.54, 1.807) is 0 Å². The molecule has 0 radical (unpaired) electrons. The third-order valence-electron chi connectivity index (χ3n) is 5.83. The Morgan fingerprint density at radius 1 is 0.880 bits per heavy atom. The number of hydrogen-bond donors (Lipinski definition) is 0. The molecule has 0 aromatic heterocycles. The van der Waals surface area contributed by atoms with Crippen molar-refractivity contribution in [2.75, 3.05) is 0 Å². The predicted molar refractivity (Wildman–Crippen MR) is 106 cm³/mol. The third-order valence-corrected chi connectivity index (χ3v) is 5.83. The summed E-state index contributed by atoms with van der Waals surface area (Å²) in [4.78, 5) is 0. The van der Waals surface area contributed by atoms with Gasteiger partial charge in [0.2, 0.25) is 0 Å². The van der Waals surface area contributed by atoms with Crippen molar-refractivity contribution >= 4 is 24.2 Å². The second-order valence-electron chi connectivity index (χ2n) is 7.81. The molecule has 0 unspecified atom stereocenters. The highest BCUT2D eigenvalue weighted by molar-refractivity contribution is 6.63. The highest BCUT2D eigenvalue weighted by Gasteiger charge is 2.52. The maximum absolute atomic E-state index is 6.27. The molecule has 2 aromatic rings. The summed E-state index contributed by atoms with van der Waals surface area (Å²) in [6.07, 6.45) is 1.90. The van der Waals surface area contributed by atoms with Crippen LogP contribution in [0, 0.1) is 0 Å². The zero-order valence-electron chi connectivity index (χ0n) is 15.3. The van der Waals surface area contributed by atoms with E-state index in [1.165, 1.54) is 16.7 Å². The van der Waals surface area contributed by atoms with E-state index >= 15 is 0 Å². The minimum atomic E-state index is -0.403. The Hall–Kier alpha value is -2.10. The summed E-state index contributed by atoms with van der Waals surface area (Å²) in [6, 6.07) is 12.6. The fourth-order valence-corrected chi connectivity index (χ4v) is 3.70. The lowest BCUT2D eigenvalue weighted by molar-refractivity contribution is 0.00578. The lowest BCUT2D eigenvalue weighted by atomic mass is 9.73. The molecule has 2 nitrogen and oxygen atoms in total. The molecule has 0 bridgehead atoms. The molecule has 0 saturated carbocycles. The van der Waals surface area contributed by atoms with Crippen molar-refractivity contribution in [2.24, 2.45) is 0 Å². The van der Waals surface area contributed by atoms with Crippen LogP contribution in [0.15, 0.2) is 49.6 Å². The molecular formula is C22H23BO2. The molecule has 3 heteroatoms. The summed E-state index contributed by atoms with van der Waals surface area (Å²) >= 11 is 0. The van der Waals surface area contributed by atoms with Crippen molar-refractivity contribution in [1.82, 2.24) is 0 Å². The van der Waals surface area contributed by atoms with E-state index in [2.05, 4.69) is 77.3 Å². The smallest absolute Gasteiger partial charge is 0.399 e. The second-order valence-corrected chi connectivity index (χ2v) is 7.81. The number of fused-ring (bicyclic) bond motifs is 3. The molecule has 1 heterocycles. The molecule has 0 amide bonds. The molecule has 1 aliphatic carbocycles. The van der Waals surface area contributed by atoms with Gasteiger partial charge in [-0.25, -0.2) is 0 Å². The van der Waals surface area contributed by atoms with E-state index in [0.717, 1.165) is 22.2 Å². The largest absolute Gasteiger partial charge is 0.495 e. The topological polar surface area (TPSA) is 18.5 Å². The van der Waals surface area contributed by atoms with Crippen LogP contribution in [0.25, 0.3) is 22.8 Å². The van der Waals surface area contributed by atoms with E-state index in [1.807, 2.05) is 6.08 Å². The number of benzene rings is 2. The van der Waals surface area contributed by atoms with E-state index in [4.69, 9.17) is 9.31 Å². The molecule has 2 aromatic carbocycles. The van der Waals surface area contributed by atoms with Crippen LogP contribution in [-0.4, -0.2) is 18.3 Å². The Bertz CT molecular complexity index is 892. The quantitative estimate of drug-likeness (QED) is 0.636. The van der Waals surface area contributed by atoms with Crippen molar-refractivity contribution < 1.29 is 9.31 Å². The van der Waals surface area contributed by atoms with Gasteiger partial charge in [0.15, 0.2) is 0 Å². The summed E-state index contributed by atoms with van der Waals surface area (Å²) in [5.74, 6) is 0. The van der Waals surface area contributed by atoms with Crippen LogP contribution in [0.4, 0.5) is 0 Å². The number of hydrogen-bond acceptors (Lipinski definition) is 2. The van der Waals surface area contributed by atoms with Crippen LogP contribution < -0.4 is 5.46 Å². The SMILES string of the molecule is C=Cc1c(B2OC(C)(C)C(C)(C)O2)ccc2c1C(=C)c1ccccc1-2. The molecular weight excluding hydrogens is 307 g/mol. The first-order chi connectivity index (χ1) is 11.8. The van der Waals surface area contributed by atoms with Crippen LogP contribution in [0.5, 0.6) is 0 Å². The second kappa shape index (κ2) is 5.20. The van der Waals surface area contributed by atoms with Gasteiger partial charge < -0.3 is 9.31 Å². The molecule has 0 spiro atoms. The van der Waals surface area contributed by atoms with Gasteiger partial charge >= 0.3 is 7.12 Å². The van der Waals surface area contributed by atoms with Crippen LogP contribution >= 0.6 is 0 Å². The zero-order valence-corrected chi connectivity index (χ0v) is 15.3. The summed E-state index contributed by atoms with van der Waals surface area (Å²) in [5.41, 5.74) is 7.14. The molecule has 25 heavy (non-hydrogen) atoms. The molecule has 126 valence electrons. The van der Waals surface area contributed by atoms with E-state index in [-0.39, 0.29) is 11.2 Å².